The first-order valence-corrected chi connectivity index (χ1v) is 13.2. The van der Waals surface area contributed by atoms with Gasteiger partial charge >= 0.3 is 5.97 Å². The van der Waals surface area contributed by atoms with Crippen molar-refractivity contribution in [1.82, 2.24) is 0 Å². The fourth-order valence-corrected chi connectivity index (χ4v) is 7.33. The maximum absolute atomic E-state index is 14.1. The highest BCUT2D eigenvalue weighted by Crippen LogP contribution is 2.63. The monoisotopic (exact) mass is 576 g/mol. The Hall–Kier alpha value is -4.63. The van der Waals surface area contributed by atoms with E-state index in [9.17, 15) is 44.8 Å². The molecule has 2 N–H and O–H groups in total. The maximum Gasteiger partial charge on any atom is 0.334 e. The average Bonchev–Trinajstić information content (AvgIpc) is 3.38. The summed E-state index contributed by atoms with van der Waals surface area (Å²) >= 11 is 0. The number of rotatable bonds is 6. The molecule has 3 aliphatic carbocycles. The van der Waals surface area contributed by atoms with E-state index in [1.165, 1.54) is 48.5 Å². The van der Waals surface area contributed by atoms with Crippen LogP contribution in [0.2, 0.25) is 0 Å². The zero-order valence-corrected chi connectivity index (χ0v) is 22.2. The molecular formula is C28H24N4O10-2. The Morgan fingerprint density at radius 1 is 0.738 bits per heavy atom. The van der Waals surface area contributed by atoms with E-state index in [-0.39, 0.29) is 34.9 Å². The molecule has 1 saturated carbocycles. The summed E-state index contributed by atoms with van der Waals surface area (Å²) in [6, 6.07) is 10.8. The summed E-state index contributed by atoms with van der Waals surface area (Å²) in [4.78, 5) is 70.9. The van der Waals surface area contributed by atoms with Crippen molar-refractivity contribution in [3.63, 3.8) is 0 Å². The van der Waals surface area contributed by atoms with Gasteiger partial charge < -0.3 is 25.6 Å². The Morgan fingerprint density at radius 3 is 1.50 bits per heavy atom. The number of anilines is 4. The number of esters is 1. The first-order valence-electron chi connectivity index (χ1n) is 13.2. The highest BCUT2D eigenvalue weighted by Gasteiger charge is 2.72. The number of para-hydroxylation sites is 4. The highest BCUT2D eigenvalue weighted by molar-refractivity contribution is 6.28. The van der Waals surface area contributed by atoms with Crippen molar-refractivity contribution < 1.29 is 39.1 Å². The number of carbonyl (C=O) groups excluding carboxylic acids is 5. The van der Waals surface area contributed by atoms with Gasteiger partial charge in [0.1, 0.15) is 0 Å². The molecule has 218 valence electrons. The van der Waals surface area contributed by atoms with Crippen LogP contribution in [0.1, 0.15) is 13.8 Å². The lowest BCUT2D eigenvalue weighted by molar-refractivity contribution is -0.147. The van der Waals surface area contributed by atoms with E-state index in [2.05, 4.69) is 0 Å². The third kappa shape index (κ3) is 3.56. The number of allylic oxidation sites excluding steroid dienone is 1. The standard InChI is InChI=1S/C28H24N4O10/c1-3-42-28(37)18-12(2)17-20-22(26(35)29(24(20)33)13-8-4-6-10-15(13)31(38)39)19(18)23-21(17)25(34)30(27(23)36)14-9-5-7-11-16(14)32(40)41/h4-11,17,19-23,38,40H,3H2,1-2H3/q-2. The molecule has 14 heteroatoms. The van der Waals surface area contributed by atoms with Crippen molar-refractivity contribution in [3.8, 4) is 0 Å². The fourth-order valence-electron chi connectivity index (χ4n) is 7.33. The van der Waals surface area contributed by atoms with E-state index in [0.29, 0.717) is 5.57 Å². The van der Waals surface area contributed by atoms with Crippen LogP contribution in [-0.4, -0.2) is 46.6 Å². The second-order valence-electron chi connectivity index (χ2n) is 10.5. The molecule has 0 aromatic heterocycles. The molecule has 2 bridgehead atoms. The number of hydrogen-bond acceptors (Lipinski definition) is 12. The van der Waals surface area contributed by atoms with Crippen LogP contribution < -0.4 is 20.3 Å². The van der Waals surface area contributed by atoms with Gasteiger partial charge in [-0.05, 0) is 38.1 Å². The van der Waals surface area contributed by atoms with Crippen LogP contribution in [0.4, 0.5) is 22.7 Å². The van der Waals surface area contributed by atoms with Crippen LogP contribution in [-0.2, 0) is 28.7 Å². The molecule has 14 nitrogen and oxygen atoms in total. The summed E-state index contributed by atoms with van der Waals surface area (Å²) < 4.78 is 5.27. The lowest BCUT2D eigenvalue weighted by Gasteiger charge is -2.49. The fraction of sp³-hybridized carbons (Fsp3) is 0.321. The number of benzene rings is 2. The average molecular weight is 577 g/mol. The van der Waals surface area contributed by atoms with Gasteiger partial charge in [-0.15, -0.1) is 0 Å². The summed E-state index contributed by atoms with van der Waals surface area (Å²) in [7, 11) is 0. The van der Waals surface area contributed by atoms with Gasteiger partial charge in [-0.1, -0.05) is 29.8 Å². The van der Waals surface area contributed by atoms with E-state index in [1.807, 2.05) is 0 Å². The van der Waals surface area contributed by atoms with Crippen LogP contribution in [0.15, 0.2) is 59.7 Å². The third-order valence-electron chi connectivity index (χ3n) is 8.75. The molecule has 0 spiro atoms. The zero-order chi connectivity index (χ0) is 30.2. The third-order valence-corrected chi connectivity index (χ3v) is 8.75. The van der Waals surface area contributed by atoms with Crippen molar-refractivity contribution >= 4 is 52.3 Å². The van der Waals surface area contributed by atoms with Crippen molar-refractivity contribution in [3.05, 3.63) is 70.1 Å². The first-order chi connectivity index (χ1) is 20.0. The van der Waals surface area contributed by atoms with Crippen LogP contribution in [0.3, 0.4) is 0 Å². The van der Waals surface area contributed by atoms with E-state index in [1.54, 1.807) is 13.8 Å². The van der Waals surface area contributed by atoms with E-state index in [0.717, 1.165) is 9.80 Å². The smallest absolute Gasteiger partial charge is 0.334 e. The number of nitrogens with zero attached hydrogens (tertiary/aromatic N) is 4. The minimum absolute atomic E-state index is 0.0143. The maximum atomic E-state index is 14.1. The first kappa shape index (κ1) is 27.5. The minimum atomic E-state index is -1.26. The molecule has 4 unspecified atom stereocenters. The molecule has 2 aliphatic heterocycles. The van der Waals surface area contributed by atoms with Crippen molar-refractivity contribution in [2.75, 3.05) is 26.9 Å². The van der Waals surface area contributed by atoms with Gasteiger partial charge in [0, 0.05) is 17.4 Å². The molecule has 4 atom stereocenters. The second-order valence-corrected chi connectivity index (χ2v) is 10.5. The molecule has 2 aromatic rings. The Labute approximate surface area is 238 Å². The summed E-state index contributed by atoms with van der Waals surface area (Å²) in [6.07, 6.45) is 0. The number of carbonyl (C=O) groups is 5. The molecule has 7 rings (SSSR count). The van der Waals surface area contributed by atoms with Gasteiger partial charge in [-0.2, -0.15) is 0 Å². The molecule has 0 radical (unpaired) electrons. The molecule has 42 heavy (non-hydrogen) atoms. The molecule has 5 aliphatic rings. The number of amides is 4. The molecule has 2 heterocycles. The van der Waals surface area contributed by atoms with Gasteiger partial charge in [-0.3, -0.25) is 29.6 Å². The second kappa shape index (κ2) is 9.73. The van der Waals surface area contributed by atoms with Gasteiger partial charge in [0.25, 0.3) is 0 Å². The minimum Gasteiger partial charge on any atom is -0.733 e. The quantitative estimate of drug-likeness (QED) is 0.289. The summed E-state index contributed by atoms with van der Waals surface area (Å²) in [5, 5.41) is 42.1. The van der Waals surface area contributed by atoms with Crippen LogP contribution >= 0.6 is 0 Å². The van der Waals surface area contributed by atoms with Crippen LogP contribution in [0.5, 0.6) is 0 Å². The van der Waals surface area contributed by atoms with E-state index >= 15 is 0 Å². The SMILES string of the molecule is CCOC(=O)C1=C(C)C2C3C(=O)N(c4ccccc4N([O-])O)C(=O)C3C1C1C(=O)N(c3ccccc3N([O-])O)C(=O)C12. The van der Waals surface area contributed by atoms with Gasteiger partial charge in [0.2, 0.25) is 23.6 Å². The Morgan fingerprint density at radius 2 is 1.12 bits per heavy atom. The molecular weight excluding hydrogens is 552 g/mol. The van der Waals surface area contributed by atoms with E-state index < -0.39 is 75.6 Å². The predicted molar refractivity (Wildman–Crippen MR) is 143 cm³/mol. The van der Waals surface area contributed by atoms with Crippen molar-refractivity contribution in [2.24, 2.45) is 35.5 Å². The summed E-state index contributed by atoms with van der Waals surface area (Å²) in [6.45, 7) is 3.12. The van der Waals surface area contributed by atoms with Gasteiger partial charge in [-0.25, -0.2) is 14.6 Å². The molecule has 2 saturated heterocycles. The Kier molecular flexibility index (Phi) is 6.38. The number of imide groups is 2. The number of hydrogen-bond donors (Lipinski definition) is 2. The van der Waals surface area contributed by atoms with Gasteiger partial charge in [0.15, 0.2) is 0 Å². The van der Waals surface area contributed by atoms with Crippen molar-refractivity contribution in [2.45, 2.75) is 13.8 Å². The van der Waals surface area contributed by atoms with Gasteiger partial charge in [0.05, 0.1) is 53.0 Å². The Bertz CT molecular complexity index is 1490. The molecule has 3 fully saturated rings. The number of ether oxygens (including phenoxy) is 1. The largest absolute Gasteiger partial charge is 0.733 e. The van der Waals surface area contributed by atoms with Crippen molar-refractivity contribution in [1.29, 1.82) is 0 Å². The van der Waals surface area contributed by atoms with Crippen LogP contribution in [0.25, 0.3) is 0 Å². The normalized spacial score (nSPS) is 28.0. The summed E-state index contributed by atoms with van der Waals surface area (Å²) in [5.74, 6) is -11.1. The summed E-state index contributed by atoms with van der Waals surface area (Å²) in [5.41, 5.74) is -0.772. The predicted octanol–water partition coefficient (Wildman–Crippen LogP) is 2.12. The van der Waals surface area contributed by atoms with Crippen LogP contribution in [0, 0.1) is 45.9 Å². The molecule has 4 amide bonds. The lowest BCUT2D eigenvalue weighted by atomic mass is 9.49. The molecule has 2 aromatic carbocycles. The Balaban J connectivity index is 1.52. The lowest BCUT2D eigenvalue weighted by Crippen LogP contribution is -2.55. The zero-order valence-electron chi connectivity index (χ0n) is 22.2. The topological polar surface area (TPSA) is 194 Å². The highest BCUT2D eigenvalue weighted by atomic mass is 16.8. The van der Waals surface area contributed by atoms with E-state index in [4.69, 9.17) is 4.74 Å².